The summed E-state index contributed by atoms with van der Waals surface area (Å²) < 4.78 is 5.50. The maximum Gasteiger partial charge on any atom is 0.260 e. The SMILES string of the molecule is C/C(Cl)=C/CON1C(=O)[C@@H]2[C@@H](C1=O)[C@H]1C=C[C@@H]2O1. The fraction of sp³-hybridized carbons (Fsp3) is 0.500. The molecule has 0 unspecified atom stereocenters. The number of rotatable bonds is 3. The molecule has 0 radical (unpaired) electrons. The number of carbonyl (C=O) groups excluding carboxylic acids is 2. The van der Waals surface area contributed by atoms with Crippen molar-refractivity contribution in [3.05, 3.63) is 23.3 Å². The Balaban J connectivity index is 1.74. The number of carbonyl (C=O) groups is 2. The van der Waals surface area contributed by atoms with E-state index in [1.807, 2.05) is 12.2 Å². The van der Waals surface area contributed by atoms with Crippen LogP contribution >= 0.6 is 11.6 Å². The topological polar surface area (TPSA) is 55.8 Å². The second-order valence-electron chi connectivity index (χ2n) is 4.56. The fourth-order valence-electron chi connectivity index (χ4n) is 2.63. The molecule has 6 heteroatoms. The molecule has 96 valence electrons. The van der Waals surface area contributed by atoms with Gasteiger partial charge in [-0.3, -0.25) is 14.4 Å². The van der Waals surface area contributed by atoms with Crippen molar-refractivity contribution >= 4 is 23.4 Å². The van der Waals surface area contributed by atoms with Gasteiger partial charge in [-0.15, -0.1) is 0 Å². The Morgan fingerprint density at radius 3 is 2.44 bits per heavy atom. The zero-order valence-electron chi connectivity index (χ0n) is 9.71. The average Bonchev–Trinajstić information content (AvgIpc) is 2.97. The van der Waals surface area contributed by atoms with Gasteiger partial charge in [0.25, 0.3) is 11.8 Å². The van der Waals surface area contributed by atoms with Crippen molar-refractivity contribution in [1.82, 2.24) is 5.06 Å². The molecule has 3 heterocycles. The summed E-state index contributed by atoms with van der Waals surface area (Å²) in [4.78, 5) is 29.3. The number of allylic oxidation sites excluding steroid dienone is 1. The molecule has 0 saturated carbocycles. The van der Waals surface area contributed by atoms with E-state index in [1.165, 1.54) is 0 Å². The lowest BCUT2D eigenvalue weighted by Gasteiger charge is -2.15. The molecular formula is C12H12ClNO4. The van der Waals surface area contributed by atoms with Crippen molar-refractivity contribution in [2.45, 2.75) is 19.1 Å². The van der Waals surface area contributed by atoms with Crippen LogP contribution in [0.15, 0.2) is 23.3 Å². The average molecular weight is 270 g/mol. The molecule has 3 aliphatic heterocycles. The first-order valence-corrected chi connectivity index (χ1v) is 6.14. The third kappa shape index (κ3) is 1.62. The second kappa shape index (κ2) is 4.19. The van der Waals surface area contributed by atoms with Gasteiger partial charge in [-0.25, -0.2) is 0 Å². The van der Waals surface area contributed by atoms with Crippen LogP contribution in [0, 0.1) is 11.8 Å². The van der Waals surface area contributed by atoms with Gasteiger partial charge in [0.2, 0.25) is 0 Å². The predicted molar refractivity (Wildman–Crippen MR) is 62.2 cm³/mol. The lowest BCUT2D eigenvalue weighted by Crippen LogP contribution is -2.34. The number of nitrogens with zero attached hydrogens (tertiary/aromatic N) is 1. The first-order chi connectivity index (χ1) is 8.59. The zero-order valence-corrected chi connectivity index (χ0v) is 10.5. The summed E-state index contributed by atoms with van der Waals surface area (Å²) in [6.45, 7) is 1.81. The minimum absolute atomic E-state index is 0.107. The molecule has 2 amide bonds. The van der Waals surface area contributed by atoms with E-state index in [-0.39, 0.29) is 30.6 Å². The maximum atomic E-state index is 12.1. The van der Waals surface area contributed by atoms with E-state index < -0.39 is 11.8 Å². The number of imide groups is 1. The molecule has 2 saturated heterocycles. The fourth-order valence-corrected chi connectivity index (χ4v) is 2.69. The van der Waals surface area contributed by atoms with Crippen LogP contribution in [-0.4, -0.2) is 35.7 Å². The van der Waals surface area contributed by atoms with Crippen LogP contribution in [0.1, 0.15) is 6.92 Å². The van der Waals surface area contributed by atoms with E-state index in [0.29, 0.717) is 5.03 Å². The number of hydrogen-bond donors (Lipinski definition) is 0. The molecule has 0 spiro atoms. The van der Waals surface area contributed by atoms with Crippen molar-refractivity contribution in [2.24, 2.45) is 11.8 Å². The van der Waals surface area contributed by atoms with Crippen molar-refractivity contribution in [3.63, 3.8) is 0 Å². The van der Waals surface area contributed by atoms with Gasteiger partial charge in [0, 0.05) is 5.03 Å². The largest absolute Gasteiger partial charge is 0.365 e. The molecule has 0 aromatic heterocycles. The van der Waals surface area contributed by atoms with E-state index in [0.717, 1.165) is 5.06 Å². The third-order valence-corrected chi connectivity index (χ3v) is 3.59. The summed E-state index contributed by atoms with van der Waals surface area (Å²) in [5, 5.41) is 1.42. The Morgan fingerprint density at radius 1 is 1.39 bits per heavy atom. The smallest absolute Gasteiger partial charge is 0.260 e. The molecule has 2 fully saturated rings. The third-order valence-electron chi connectivity index (χ3n) is 3.44. The van der Waals surface area contributed by atoms with Gasteiger partial charge < -0.3 is 4.74 Å². The van der Waals surface area contributed by atoms with Crippen LogP contribution in [0.2, 0.25) is 0 Å². The van der Waals surface area contributed by atoms with Gasteiger partial charge in [0.05, 0.1) is 30.7 Å². The van der Waals surface area contributed by atoms with Gasteiger partial charge in [-0.1, -0.05) is 23.8 Å². The molecule has 18 heavy (non-hydrogen) atoms. The van der Waals surface area contributed by atoms with Crippen molar-refractivity contribution in [3.8, 4) is 0 Å². The normalized spacial score (nSPS) is 37.9. The van der Waals surface area contributed by atoms with Crippen LogP contribution < -0.4 is 0 Å². The van der Waals surface area contributed by atoms with E-state index in [4.69, 9.17) is 21.2 Å². The lowest BCUT2D eigenvalue weighted by atomic mass is 9.85. The molecule has 3 rings (SSSR count). The molecule has 0 aromatic carbocycles. The van der Waals surface area contributed by atoms with Gasteiger partial charge in [-0.05, 0) is 13.0 Å². The number of hydroxylamine groups is 2. The molecule has 2 bridgehead atoms. The Kier molecular flexibility index (Phi) is 2.77. The number of amides is 2. The van der Waals surface area contributed by atoms with Crippen LogP contribution in [0.5, 0.6) is 0 Å². The highest BCUT2D eigenvalue weighted by atomic mass is 35.5. The number of fused-ring (bicyclic) bond motifs is 5. The highest BCUT2D eigenvalue weighted by molar-refractivity contribution is 6.29. The summed E-state index contributed by atoms with van der Waals surface area (Å²) in [5.74, 6) is -1.48. The zero-order chi connectivity index (χ0) is 12.9. The molecule has 4 atom stereocenters. The monoisotopic (exact) mass is 269 g/mol. The van der Waals surface area contributed by atoms with Gasteiger partial charge in [-0.2, -0.15) is 5.06 Å². The molecule has 3 aliphatic rings. The minimum atomic E-state index is -0.423. The molecule has 5 nitrogen and oxygen atoms in total. The summed E-state index contributed by atoms with van der Waals surface area (Å²) in [5.41, 5.74) is 0. The summed E-state index contributed by atoms with van der Waals surface area (Å²) in [6, 6.07) is 0. The first-order valence-electron chi connectivity index (χ1n) is 5.76. The highest BCUT2D eigenvalue weighted by Crippen LogP contribution is 2.45. The van der Waals surface area contributed by atoms with E-state index in [1.54, 1.807) is 13.0 Å². The van der Waals surface area contributed by atoms with E-state index in [9.17, 15) is 9.59 Å². The predicted octanol–water partition coefficient (Wildman–Crippen LogP) is 0.999. The van der Waals surface area contributed by atoms with Crippen LogP contribution in [0.3, 0.4) is 0 Å². The Morgan fingerprint density at radius 2 is 1.94 bits per heavy atom. The Hall–Kier alpha value is -1.17. The Bertz CT molecular complexity index is 439. The molecule has 0 aliphatic carbocycles. The van der Waals surface area contributed by atoms with E-state index >= 15 is 0 Å². The van der Waals surface area contributed by atoms with Crippen LogP contribution in [0.25, 0.3) is 0 Å². The maximum absolute atomic E-state index is 12.1. The highest BCUT2D eigenvalue weighted by Gasteiger charge is 2.61. The Labute approximate surface area is 109 Å². The number of hydrogen-bond acceptors (Lipinski definition) is 4. The van der Waals surface area contributed by atoms with Crippen molar-refractivity contribution < 1.29 is 19.2 Å². The summed E-state index contributed by atoms with van der Waals surface area (Å²) >= 11 is 5.65. The lowest BCUT2D eigenvalue weighted by molar-refractivity contribution is -0.188. The van der Waals surface area contributed by atoms with Gasteiger partial charge in [0.1, 0.15) is 0 Å². The second-order valence-corrected chi connectivity index (χ2v) is 5.16. The number of ether oxygens (including phenoxy) is 1. The molecule has 0 aromatic rings. The van der Waals surface area contributed by atoms with Crippen molar-refractivity contribution in [2.75, 3.05) is 6.61 Å². The molecular weight excluding hydrogens is 258 g/mol. The van der Waals surface area contributed by atoms with Crippen LogP contribution in [-0.2, 0) is 19.2 Å². The first kappa shape index (κ1) is 11.9. The standard InChI is InChI=1S/C12H12ClNO4/c1-6(13)4-5-17-14-11(15)9-7-2-3-8(18-7)10(9)12(14)16/h2-4,7-10H,5H2,1H3/b6-4-/t7-,8+,9-,10-/m0/s1. The van der Waals surface area contributed by atoms with Gasteiger partial charge in [0.15, 0.2) is 0 Å². The summed E-state index contributed by atoms with van der Waals surface area (Å²) in [6.07, 6.45) is 4.71. The number of halogens is 1. The van der Waals surface area contributed by atoms with Crippen LogP contribution in [0.4, 0.5) is 0 Å². The van der Waals surface area contributed by atoms with E-state index in [2.05, 4.69) is 0 Å². The molecule has 0 N–H and O–H groups in total. The quantitative estimate of drug-likeness (QED) is 0.567. The summed E-state index contributed by atoms with van der Waals surface area (Å²) in [7, 11) is 0. The minimum Gasteiger partial charge on any atom is -0.365 e. The van der Waals surface area contributed by atoms with Crippen molar-refractivity contribution in [1.29, 1.82) is 0 Å². The van der Waals surface area contributed by atoms with Gasteiger partial charge >= 0.3 is 0 Å².